The van der Waals surface area contributed by atoms with Crippen molar-refractivity contribution in [2.75, 3.05) is 0 Å². The third-order valence-electron chi connectivity index (χ3n) is 1.67. The van der Waals surface area contributed by atoms with Gasteiger partial charge in [0.1, 0.15) is 0 Å². The molecule has 0 amide bonds. The van der Waals surface area contributed by atoms with E-state index < -0.39 is 0 Å². The van der Waals surface area contributed by atoms with E-state index in [2.05, 4.69) is 50.5 Å². The van der Waals surface area contributed by atoms with Crippen molar-refractivity contribution in [1.29, 1.82) is 0 Å². The summed E-state index contributed by atoms with van der Waals surface area (Å²) in [6.45, 7) is 9.87. The normalized spacial score (nSPS) is 12.0. The Balaban J connectivity index is -0.000000194. The summed E-state index contributed by atoms with van der Waals surface area (Å²) in [7, 11) is 0. The summed E-state index contributed by atoms with van der Waals surface area (Å²) in [5, 5.41) is 0. The van der Waals surface area contributed by atoms with Crippen molar-refractivity contribution in [2.24, 2.45) is 0 Å². The van der Waals surface area contributed by atoms with Crippen LogP contribution in [0.5, 0.6) is 0 Å². The van der Waals surface area contributed by atoms with Crippen LogP contribution >= 0.6 is 24.8 Å². The molecule has 2 rings (SSSR count). The minimum atomic E-state index is 0. The van der Waals surface area contributed by atoms with Gasteiger partial charge in [-0.3, -0.25) is 12.2 Å². The minimum Gasteiger partial charge on any atom is -0.273 e. The molecule has 0 atom stereocenters. The van der Waals surface area contributed by atoms with Gasteiger partial charge in [-0.15, -0.1) is 37.7 Å². The molecule has 0 spiro atoms. The van der Waals surface area contributed by atoms with Crippen molar-refractivity contribution >= 4 is 35.7 Å². The molecule has 108 valence electrons. The Labute approximate surface area is 143 Å². The summed E-state index contributed by atoms with van der Waals surface area (Å²) in [4.78, 5) is 0. The van der Waals surface area contributed by atoms with Gasteiger partial charge >= 0.3 is 57.5 Å². The van der Waals surface area contributed by atoms with E-state index in [9.17, 15) is 0 Å². The van der Waals surface area contributed by atoms with Crippen LogP contribution in [0.4, 0.5) is 0 Å². The van der Waals surface area contributed by atoms with E-state index in [0.29, 0.717) is 0 Å². The van der Waals surface area contributed by atoms with Gasteiger partial charge in [-0.1, -0.05) is 0 Å². The predicted octanol–water partition coefficient (Wildman–Crippen LogP) is 5.03. The SMILES string of the molecule is C[Si](C)=[Zr]=[Si](C)C.Cl.Cl.[C-]1=CC=CC1.[C-]1=CC=CC1. The first-order chi connectivity index (χ1) is 8.13. The molecule has 2 aliphatic rings. The Kier molecular flexibility index (Phi) is 24.7. The summed E-state index contributed by atoms with van der Waals surface area (Å²) >= 11 is 0.243. The third kappa shape index (κ3) is 24.3. The molecule has 0 nitrogen and oxygen atoms in total. The molecule has 19 heavy (non-hydrogen) atoms. The number of hydrogen-bond acceptors (Lipinski definition) is 0. The summed E-state index contributed by atoms with van der Waals surface area (Å²) < 4.78 is 0. The van der Waals surface area contributed by atoms with Gasteiger partial charge in [0.15, 0.2) is 0 Å². The van der Waals surface area contributed by atoms with Crippen LogP contribution in [0.3, 0.4) is 0 Å². The van der Waals surface area contributed by atoms with E-state index in [1.807, 2.05) is 24.3 Å². The summed E-state index contributed by atoms with van der Waals surface area (Å²) in [6.07, 6.45) is 20.0. The maximum absolute atomic E-state index is 2.99. The first kappa shape index (κ1) is 24.8. The van der Waals surface area contributed by atoms with Crippen molar-refractivity contribution in [3.05, 3.63) is 48.6 Å². The molecule has 0 N–H and O–H groups in total. The third-order valence-corrected chi connectivity index (χ3v) is 27.8. The zero-order valence-electron chi connectivity index (χ0n) is 12.2. The number of rotatable bonds is 0. The monoisotopic (exact) mass is 408 g/mol. The van der Waals surface area contributed by atoms with E-state index in [1.165, 1.54) is 0 Å². The second-order valence-corrected chi connectivity index (χ2v) is 29.4. The van der Waals surface area contributed by atoms with Gasteiger partial charge in [0.2, 0.25) is 0 Å². The predicted molar refractivity (Wildman–Crippen MR) is 92.6 cm³/mol. The zero-order chi connectivity index (χ0) is 12.9. The van der Waals surface area contributed by atoms with Crippen molar-refractivity contribution in [2.45, 2.75) is 39.0 Å². The van der Waals surface area contributed by atoms with Gasteiger partial charge in [-0.05, 0) is 0 Å². The molecule has 0 fully saturated rings. The molecule has 0 aromatic heterocycles. The van der Waals surface area contributed by atoms with Gasteiger partial charge in [0, 0.05) is 0 Å². The van der Waals surface area contributed by atoms with Crippen molar-refractivity contribution < 1.29 is 20.5 Å². The number of allylic oxidation sites excluding steroid dienone is 8. The summed E-state index contributed by atoms with van der Waals surface area (Å²) in [5.41, 5.74) is 0.562. The fourth-order valence-corrected chi connectivity index (χ4v) is 27.3. The maximum Gasteiger partial charge on any atom is -0.109 e. The van der Waals surface area contributed by atoms with Crippen molar-refractivity contribution in [3.8, 4) is 0 Å². The van der Waals surface area contributed by atoms with Gasteiger partial charge in [-0.2, -0.15) is 12.2 Å². The van der Waals surface area contributed by atoms with Crippen molar-refractivity contribution in [1.82, 2.24) is 0 Å². The van der Waals surface area contributed by atoms with Gasteiger partial charge in [0.25, 0.3) is 0 Å². The average Bonchev–Trinajstić information content (AvgIpc) is 2.96. The molecule has 0 heterocycles. The van der Waals surface area contributed by atoms with E-state index in [0.717, 1.165) is 12.8 Å². The topological polar surface area (TPSA) is 0 Å². The first-order valence-corrected chi connectivity index (χ1v) is 18.3. The molecule has 0 bridgehead atoms. The van der Waals surface area contributed by atoms with E-state index in [4.69, 9.17) is 0 Å². The molecule has 0 radical (unpaired) electrons. The summed E-state index contributed by atoms with van der Waals surface area (Å²) in [6, 6.07) is 0. The Morgan fingerprint density at radius 1 is 0.789 bits per heavy atom. The Morgan fingerprint density at radius 2 is 1.16 bits per heavy atom. The van der Waals surface area contributed by atoms with Crippen LogP contribution < -0.4 is 0 Å². The Hall–Kier alpha value is 0.857. The van der Waals surface area contributed by atoms with Crippen molar-refractivity contribution in [3.63, 3.8) is 0 Å². The van der Waals surface area contributed by atoms with Gasteiger partial charge < -0.3 is 0 Å². The molecule has 5 heteroatoms. The Bertz CT molecular complexity index is 328. The largest absolute Gasteiger partial charge is 0.273 e. The average molecular weight is 411 g/mol. The van der Waals surface area contributed by atoms with Crippen LogP contribution in [-0.2, 0) is 20.5 Å². The zero-order valence-corrected chi connectivity index (χ0v) is 18.3. The molecular weight excluding hydrogens is 386 g/mol. The smallest absolute Gasteiger partial charge is 0.109 e. The molecule has 0 aromatic carbocycles. The number of halogens is 2. The van der Waals surface area contributed by atoms with Gasteiger partial charge in [-0.25, -0.2) is 24.3 Å². The minimum absolute atomic E-state index is 0. The standard InChI is InChI=1S/2C5H5.2C2H6Si.2ClH.Zr/c2*1-2-4-5-3-1;2*1-3-2;;;/h2*1-3H,4H2;2*1-2H3;2*1H;/q2*-1;;;;;. The van der Waals surface area contributed by atoms with E-state index >= 15 is 0 Å². The van der Waals surface area contributed by atoms with Crippen LogP contribution in [0.2, 0.25) is 26.2 Å². The second kappa shape index (κ2) is 18.9. The second-order valence-electron chi connectivity index (χ2n) is 4.13. The van der Waals surface area contributed by atoms with E-state index in [-0.39, 0.29) is 56.1 Å². The molecule has 0 aromatic rings. The van der Waals surface area contributed by atoms with Crippen LogP contribution in [0.25, 0.3) is 0 Å². The molecule has 2 aliphatic carbocycles. The quantitative estimate of drug-likeness (QED) is 0.388. The van der Waals surface area contributed by atoms with Crippen LogP contribution in [-0.4, -0.2) is 10.9 Å². The number of hydrogen-bond donors (Lipinski definition) is 0. The first-order valence-electron chi connectivity index (χ1n) is 5.93. The molecule has 0 unspecified atom stereocenters. The molecule has 0 saturated carbocycles. The van der Waals surface area contributed by atoms with Crippen LogP contribution in [0.15, 0.2) is 36.5 Å². The van der Waals surface area contributed by atoms with E-state index in [1.54, 1.807) is 0 Å². The molecule has 0 saturated heterocycles. The maximum atomic E-state index is 2.99. The molecule has 0 aliphatic heterocycles. The molecular formula is C14H24Cl2Si2Zr-2. The fraction of sp³-hybridized carbons (Fsp3) is 0.429. The van der Waals surface area contributed by atoms with Crippen LogP contribution in [0.1, 0.15) is 12.8 Å². The summed E-state index contributed by atoms with van der Waals surface area (Å²) in [5.74, 6) is 0. The Morgan fingerprint density at radius 3 is 1.21 bits per heavy atom. The van der Waals surface area contributed by atoms with Crippen LogP contribution in [0, 0.1) is 12.2 Å². The fourth-order valence-electron chi connectivity index (χ4n) is 1.18. The van der Waals surface area contributed by atoms with Gasteiger partial charge in [0.05, 0.1) is 0 Å².